The lowest BCUT2D eigenvalue weighted by atomic mass is 10.3. The zero-order chi connectivity index (χ0) is 10.7. The molecule has 1 heterocycles. The van der Waals surface area contributed by atoms with Crippen molar-refractivity contribution in [1.82, 2.24) is 9.97 Å². The molecule has 2 rings (SSSR count). The summed E-state index contributed by atoms with van der Waals surface area (Å²) in [7, 11) is 0. The molecule has 0 aliphatic carbocycles. The Morgan fingerprint density at radius 3 is 2.13 bits per heavy atom. The highest BCUT2D eigenvalue weighted by atomic mass is 19.1. The van der Waals surface area contributed by atoms with Crippen LogP contribution in [0.15, 0.2) is 36.4 Å². The molecule has 0 saturated heterocycles. The minimum absolute atomic E-state index is 0.0984. The van der Waals surface area contributed by atoms with Gasteiger partial charge in [-0.25, -0.2) is 0 Å². The van der Waals surface area contributed by atoms with Crippen molar-refractivity contribution in [1.29, 1.82) is 0 Å². The van der Waals surface area contributed by atoms with Crippen LogP contribution in [0.25, 0.3) is 0 Å². The Bertz CT molecular complexity index is 439. The molecule has 76 valence electrons. The second-order valence-electron chi connectivity index (χ2n) is 2.83. The summed E-state index contributed by atoms with van der Waals surface area (Å²) < 4.78 is 25.4. The van der Waals surface area contributed by atoms with Crippen LogP contribution >= 0.6 is 0 Å². The van der Waals surface area contributed by atoms with Gasteiger partial charge in [-0.15, -0.1) is 0 Å². The van der Waals surface area contributed by atoms with Crippen LogP contribution in [0.1, 0.15) is 0 Å². The third kappa shape index (κ3) is 2.46. The Balaban J connectivity index is 2.25. The van der Waals surface area contributed by atoms with Crippen LogP contribution in [0.2, 0.25) is 0 Å². The molecule has 0 radical (unpaired) electrons. The molecule has 0 spiro atoms. The van der Waals surface area contributed by atoms with Crippen LogP contribution in [0.4, 0.5) is 20.4 Å². The fraction of sp³-hybridized carbons (Fsp3) is 0. The third-order valence-corrected chi connectivity index (χ3v) is 1.69. The Hall–Kier alpha value is -2.04. The molecule has 0 fully saturated rings. The predicted molar refractivity (Wildman–Crippen MR) is 51.7 cm³/mol. The number of nitrogens with zero attached hydrogens (tertiary/aromatic N) is 2. The SMILES string of the molecule is Fc1cc(F)nc(Nc2ccccc2)n1. The minimum Gasteiger partial charge on any atom is -0.324 e. The molecule has 1 aromatic carbocycles. The van der Waals surface area contributed by atoms with Gasteiger partial charge in [-0.1, -0.05) is 18.2 Å². The van der Waals surface area contributed by atoms with Crippen molar-refractivity contribution < 1.29 is 8.78 Å². The van der Waals surface area contributed by atoms with Gasteiger partial charge in [-0.2, -0.15) is 18.7 Å². The molecule has 5 heteroatoms. The van der Waals surface area contributed by atoms with E-state index >= 15 is 0 Å². The molecular formula is C10H7F2N3. The Morgan fingerprint density at radius 2 is 1.53 bits per heavy atom. The van der Waals surface area contributed by atoms with E-state index in [2.05, 4.69) is 15.3 Å². The number of hydrogen-bond donors (Lipinski definition) is 1. The molecule has 0 aliphatic rings. The van der Waals surface area contributed by atoms with Gasteiger partial charge in [-0.3, -0.25) is 0 Å². The Labute approximate surface area is 84.8 Å². The smallest absolute Gasteiger partial charge is 0.232 e. The number of aromatic nitrogens is 2. The highest BCUT2D eigenvalue weighted by molar-refractivity contribution is 5.52. The number of para-hydroxylation sites is 1. The highest BCUT2D eigenvalue weighted by Crippen LogP contribution is 2.12. The molecule has 3 nitrogen and oxygen atoms in total. The number of nitrogens with one attached hydrogen (secondary N) is 1. The summed E-state index contributed by atoms with van der Waals surface area (Å²) in [4.78, 5) is 6.80. The molecule has 2 aromatic rings. The molecule has 0 bridgehead atoms. The molecule has 1 aromatic heterocycles. The van der Waals surface area contributed by atoms with E-state index in [0.29, 0.717) is 11.8 Å². The van der Waals surface area contributed by atoms with E-state index in [0.717, 1.165) is 0 Å². The van der Waals surface area contributed by atoms with Crippen molar-refractivity contribution in [3.8, 4) is 0 Å². The van der Waals surface area contributed by atoms with E-state index in [9.17, 15) is 8.78 Å². The fourth-order valence-electron chi connectivity index (χ4n) is 1.10. The lowest BCUT2D eigenvalue weighted by Crippen LogP contribution is -2.00. The topological polar surface area (TPSA) is 37.8 Å². The van der Waals surface area contributed by atoms with Gasteiger partial charge in [0.2, 0.25) is 17.8 Å². The molecule has 0 saturated carbocycles. The van der Waals surface area contributed by atoms with Crippen molar-refractivity contribution >= 4 is 11.6 Å². The standard InChI is InChI=1S/C10H7F2N3/c11-8-6-9(12)15-10(14-8)13-7-4-2-1-3-5-7/h1-6H,(H,13,14,15). The van der Waals surface area contributed by atoms with E-state index < -0.39 is 11.9 Å². The normalized spacial score (nSPS) is 10.0. The maximum atomic E-state index is 12.7. The monoisotopic (exact) mass is 207 g/mol. The average molecular weight is 207 g/mol. The summed E-state index contributed by atoms with van der Waals surface area (Å²) in [6, 6.07) is 9.52. The minimum atomic E-state index is -0.902. The first-order valence-electron chi connectivity index (χ1n) is 4.26. The highest BCUT2D eigenvalue weighted by Gasteiger charge is 2.03. The molecule has 15 heavy (non-hydrogen) atoms. The van der Waals surface area contributed by atoms with Crippen molar-refractivity contribution in [2.24, 2.45) is 0 Å². The second-order valence-corrected chi connectivity index (χ2v) is 2.83. The molecule has 0 aliphatic heterocycles. The van der Waals surface area contributed by atoms with E-state index in [4.69, 9.17) is 0 Å². The zero-order valence-corrected chi connectivity index (χ0v) is 7.61. The van der Waals surface area contributed by atoms with Gasteiger partial charge in [0.05, 0.1) is 0 Å². The largest absolute Gasteiger partial charge is 0.324 e. The number of rotatable bonds is 2. The zero-order valence-electron chi connectivity index (χ0n) is 7.61. The Kier molecular flexibility index (Phi) is 2.53. The lowest BCUT2D eigenvalue weighted by molar-refractivity contribution is 0.528. The van der Waals surface area contributed by atoms with E-state index in [1.807, 2.05) is 6.07 Å². The van der Waals surface area contributed by atoms with Crippen molar-refractivity contribution in [3.63, 3.8) is 0 Å². The van der Waals surface area contributed by atoms with Gasteiger partial charge in [0, 0.05) is 11.8 Å². The Morgan fingerprint density at radius 1 is 0.933 bits per heavy atom. The summed E-state index contributed by atoms with van der Waals surface area (Å²) in [5.74, 6) is -1.90. The second kappa shape index (κ2) is 4.00. The maximum Gasteiger partial charge on any atom is 0.232 e. The van der Waals surface area contributed by atoms with Gasteiger partial charge in [0.1, 0.15) is 0 Å². The predicted octanol–water partition coefficient (Wildman–Crippen LogP) is 2.50. The van der Waals surface area contributed by atoms with E-state index in [-0.39, 0.29) is 5.95 Å². The van der Waals surface area contributed by atoms with Crippen LogP contribution in [0.5, 0.6) is 0 Å². The summed E-state index contributed by atoms with van der Waals surface area (Å²) in [6.07, 6.45) is 0. The average Bonchev–Trinajstić information content (AvgIpc) is 2.17. The lowest BCUT2D eigenvalue weighted by Gasteiger charge is -2.03. The van der Waals surface area contributed by atoms with Gasteiger partial charge in [0.15, 0.2) is 0 Å². The van der Waals surface area contributed by atoms with Crippen molar-refractivity contribution in [3.05, 3.63) is 48.3 Å². The summed E-state index contributed by atoms with van der Waals surface area (Å²) in [6.45, 7) is 0. The number of hydrogen-bond acceptors (Lipinski definition) is 3. The molecular weight excluding hydrogens is 200 g/mol. The van der Waals surface area contributed by atoms with E-state index in [1.54, 1.807) is 24.3 Å². The maximum absolute atomic E-state index is 12.7. The van der Waals surface area contributed by atoms with Crippen molar-refractivity contribution in [2.75, 3.05) is 5.32 Å². The fourth-order valence-corrected chi connectivity index (χ4v) is 1.10. The summed E-state index contributed by atoms with van der Waals surface area (Å²) >= 11 is 0. The van der Waals surface area contributed by atoms with E-state index in [1.165, 1.54) is 0 Å². The van der Waals surface area contributed by atoms with Gasteiger partial charge in [0.25, 0.3) is 0 Å². The van der Waals surface area contributed by atoms with Gasteiger partial charge >= 0.3 is 0 Å². The number of benzene rings is 1. The first kappa shape index (κ1) is 9.51. The van der Waals surface area contributed by atoms with Crippen LogP contribution in [0, 0.1) is 11.9 Å². The van der Waals surface area contributed by atoms with Crippen LogP contribution in [-0.2, 0) is 0 Å². The molecule has 0 atom stereocenters. The molecule has 0 unspecified atom stereocenters. The number of anilines is 2. The van der Waals surface area contributed by atoms with Crippen LogP contribution in [-0.4, -0.2) is 9.97 Å². The van der Waals surface area contributed by atoms with Crippen LogP contribution < -0.4 is 5.32 Å². The summed E-state index contributed by atoms with van der Waals surface area (Å²) in [5.41, 5.74) is 0.669. The summed E-state index contributed by atoms with van der Waals surface area (Å²) in [5, 5.41) is 2.68. The third-order valence-electron chi connectivity index (χ3n) is 1.69. The quantitative estimate of drug-likeness (QED) is 0.769. The van der Waals surface area contributed by atoms with Gasteiger partial charge < -0.3 is 5.32 Å². The van der Waals surface area contributed by atoms with Gasteiger partial charge in [-0.05, 0) is 12.1 Å². The first-order valence-corrected chi connectivity index (χ1v) is 4.26. The molecule has 0 amide bonds. The molecule has 1 N–H and O–H groups in total. The first-order chi connectivity index (χ1) is 7.24. The van der Waals surface area contributed by atoms with Crippen LogP contribution in [0.3, 0.4) is 0 Å². The van der Waals surface area contributed by atoms with Crippen molar-refractivity contribution in [2.45, 2.75) is 0 Å². The number of halogens is 2.